The summed E-state index contributed by atoms with van der Waals surface area (Å²) in [6.07, 6.45) is 7.38. The smallest absolute Gasteiger partial charge is 0.127 e. The van der Waals surface area contributed by atoms with E-state index in [0.717, 1.165) is 37.2 Å². The van der Waals surface area contributed by atoms with Crippen LogP contribution in [0.5, 0.6) is 11.5 Å². The first-order chi connectivity index (χ1) is 12.7. The van der Waals surface area contributed by atoms with Gasteiger partial charge < -0.3 is 14.6 Å². The Balaban J connectivity index is 2.02. The first kappa shape index (κ1) is 20.5. The number of unbranched alkanes of at least 4 members (excludes halogenated alkanes) is 2. The lowest BCUT2D eigenvalue weighted by atomic mass is 9.65. The molecule has 0 bridgehead atoms. The zero-order valence-electron chi connectivity index (χ0n) is 18.1. The number of ether oxygens (including phenoxy) is 2. The summed E-state index contributed by atoms with van der Waals surface area (Å²) < 4.78 is 12.4. The number of hydrogen-bond acceptors (Lipinski definition) is 3. The molecular weight excluding hydrogens is 336 g/mol. The lowest BCUT2D eigenvalue weighted by Crippen LogP contribution is -2.47. The molecule has 0 amide bonds. The van der Waals surface area contributed by atoms with E-state index in [1.54, 1.807) is 7.11 Å². The predicted octanol–water partition coefficient (Wildman–Crippen LogP) is 5.97. The van der Waals surface area contributed by atoms with Crippen molar-refractivity contribution in [2.45, 2.75) is 103 Å². The molecule has 1 heterocycles. The van der Waals surface area contributed by atoms with Gasteiger partial charge in [0.15, 0.2) is 0 Å². The van der Waals surface area contributed by atoms with E-state index in [1.807, 2.05) is 0 Å². The molecule has 1 N–H and O–H groups in total. The highest BCUT2D eigenvalue weighted by atomic mass is 16.5. The maximum absolute atomic E-state index is 10.3. The highest BCUT2D eigenvalue weighted by Gasteiger charge is 2.48. The molecule has 3 nitrogen and oxygen atoms in total. The molecule has 3 rings (SSSR count). The number of rotatable bonds is 6. The third kappa shape index (κ3) is 3.99. The highest BCUT2D eigenvalue weighted by molar-refractivity contribution is 5.54. The molecule has 3 heteroatoms. The van der Waals surface area contributed by atoms with Crippen LogP contribution in [-0.4, -0.2) is 23.9 Å². The van der Waals surface area contributed by atoms with Gasteiger partial charge in [-0.05, 0) is 62.6 Å². The zero-order chi connectivity index (χ0) is 19.8. The Hall–Kier alpha value is -1.22. The van der Waals surface area contributed by atoms with E-state index < -0.39 is 0 Å². The molecule has 1 saturated carbocycles. The van der Waals surface area contributed by atoms with Gasteiger partial charge in [0.1, 0.15) is 17.1 Å². The fourth-order valence-corrected chi connectivity index (χ4v) is 5.23. The number of aliphatic hydroxyl groups excluding tert-OH is 1. The first-order valence-electron chi connectivity index (χ1n) is 10.8. The van der Waals surface area contributed by atoms with E-state index in [4.69, 9.17) is 9.47 Å². The number of hydrogen-bond donors (Lipinski definition) is 1. The van der Waals surface area contributed by atoms with Crippen LogP contribution in [0.25, 0.3) is 0 Å². The van der Waals surface area contributed by atoms with Crippen molar-refractivity contribution >= 4 is 0 Å². The molecule has 0 radical (unpaired) electrons. The average molecular weight is 375 g/mol. The Morgan fingerprint density at radius 1 is 1.22 bits per heavy atom. The molecule has 1 fully saturated rings. The van der Waals surface area contributed by atoms with Gasteiger partial charge in [-0.15, -0.1) is 0 Å². The van der Waals surface area contributed by atoms with E-state index in [0.29, 0.717) is 11.8 Å². The molecule has 1 aromatic carbocycles. The van der Waals surface area contributed by atoms with E-state index in [2.05, 4.69) is 46.8 Å². The van der Waals surface area contributed by atoms with Gasteiger partial charge >= 0.3 is 0 Å². The molecule has 3 atom stereocenters. The van der Waals surface area contributed by atoms with E-state index in [9.17, 15) is 5.11 Å². The fraction of sp³-hybridized carbons (Fsp3) is 0.750. The Labute approximate surface area is 165 Å². The summed E-state index contributed by atoms with van der Waals surface area (Å²) in [6.45, 7) is 11.3. The summed E-state index contributed by atoms with van der Waals surface area (Å²) >= 11 is 0. The Bertz CT molecular complexity index is 662. The van der Waals surface area contributed by atoms with Crippen molar-refractivity contribution in [1.82, 2.24) is 0 Å². The molecule has 152 valence electrons. The Kier molecular flexibility index (Phi) is 5.82. The SMILES string of the molecule is CCCCCC(C)(C)c1cc(OC)c2c(c1)OC(C)(C)[C@@H]1CC[C@H](O)C[C@@H]21. The largest absolute Gasteiger partial charge is 0.496 e. The van der Waals surface area contributed by atoms with Crippen LogP contribution in [0.4, 0.5) is 0 Å². The third-order valence-corrected chi connectivity index (χ3v) is 6.97. The van der Waals surface area contributed by atoms with Crippen molar-refractivity contribution in [1.29, 1.82) is 0 Å². The van der Waals surface area contributed by atoms with Crippen molar-refractivity contribution in [3.63, 3.8) is 0 Å². The second-order valence-corrected chi connectivity index (χ2v) is 9.82. The Morgan fingerprint density at radius 3 is 2.63 bits per heavy atom. The summed E-state index contributed by atoms with van der Waals surface area (Å²) in [7, 11) is 1.76. The molecule has 0 saturated heterocycles. The van der Waals surface area contributed by atoms with Gasteiger partial charge in [-0.3, -0.25) is 0 Å². The minimum atomic E-state index is -0.220. The van der Waals surface area contributed by atoms with Crippen molar-refractivity contribution in [2.75, 3.05) is 7.11 Å². The van der Waals surface area contributed by atoms with Crippen LogP contribution in [0.2, 0.25) is 0 Å². The second-order valence-electron chi connectivity index (χ2n) is 9.82. The van der Waals surface area contributed by atoms with Gasteiger partial charge in [0, 0.05) is 17.4 Å². The predicted molar refractivity (Wildman–Crippen MR) is 111 cm³/mol. The quantitative estimate of drug-likeness (QED) is 0.624. The van der Waals surface area contributed by atoms with Gasteiger partial charge in [-0.2, -0.15) is 0 Å². The number of fused-ring (bicyclic) bond motifs is 3. The van der Waals surface area contributed by atoms with E-state index >= 15 is 0 Å². The lowest BCUT2D eigenvalue weighted by Gasteiger charge is -2.49. The van der Waals surface area contributed by atoms with Crippen LogP contribution in [0.15, 0.2) is 12.1 Å². The summed E-state index contributed by atoms with van der Waals surface area (Å²) in [5.74, 6) is 2.63. The zero-order valence-corrected chi connectivity index (χ0v) is 18.1. The van der Waals surface area contributed by atoms with Crippen LogP contribution in [-0.2, 0) is 5.41 Å². The molecule has 1 aromatic rings. The summed E-state index contributed by atoms with van der Waals surface area (Å²) in [5.41, 5.74) is 2.34. The van der Waals surface area contributed by atoms with Crippen LogP contribution < -0.4 is 9.47 Å². The number of benzene rings is 1. The average Bonchev–Trinajstić information content (AvgIpc) is 2.60. The minimum Gasteiger partial charge on any atom is -0.496 e. The number of aliphatic hydroxyl groups is 1. The maximum Gasteiger partial charge on any atom is 0.127 e. The second kappa shape index (κ2) is 7.66. The molecule has 1 aliphatic heterocycles. The van der Waals surface area contributed by atoms with Crippen molar-refractivity contribution in [3.05, 3.63) is 23.3 Å². The molecule has 2 aliphatic rings. The monoisotopic (exact) mass is 374 g/mol. The fourth-order valence-electron chi connectivity index (χ4n) is 5.23. The third-order valence-electron chi connectivity index (χ3n) is 6.97. The van der Waals surface area contributed by atoms with Crippen molar-refractivity contribution in [2.24, 2.45) is 5.92 Å². The molecule has 27 heavy (non-hydrogen) atoms. The topological polar surface area (TPSA) is 38.7 Å². The molecule has 0 aromatic heterocycles. The Morgan fingerprint density at radius 2 is 1.96 bits per heavy atom. The van der Waals surface area contributed by atoms with Crippen LogP contribution in [0.3, 0.4) is 0 Å². The van der Waals surface area contributed by atoms with E-state index in [1.165, 1.54) is 30.4 Å². The summed E-state index contributed by atoms with van der Waals surface area (Å²) in [6, 6.07) is 4.48. The minimum absolute atomic E-state index is 0.0912. The van der Waals surface area contributed by atoms with Gasteiger partial charge in [0.05, 0.1) is 13.2 Å². The van der Waals surface area contributed by atoms with E-state index in [-0.39, 0.29) is 17.1 Å². The van der Waals surface area contributed by atoms with Gasteiger partial charge in [0.25, 0.3) is 0 Å². The standard InChI is InChI=1S/C24H38O3/c1-7-8-9-12-23(2,3)16-13-20(26-6)22-18-15-17(25)10-11-19(18)24(4,5)27-21(22)14-16/h13-14,17-19,25H,7-12,15H2,1-6H3/t17-,18+,19+/m0/s1. The van der Waals surface area contributed by atoms with Crippen molar-refractivity contribution < 1.29 is 14.6 Å². The lowest BCUT2D eigenvalue weighted by molar-refractivity contribution is -0.0318. The molecule has 0 unspecified atom stereocenters. The maximum atomic E-state index is 10.3. The van der Waals surface area contributed by atoms with Crippen LogP contribution >= 0.6 is 0 Å². The van der Waals surface area contributed by atoms with Crippen molar-refractivity contribution in [3.8, 4) is 11.5 Å². The van der Waals surface area contributed by atoms with Gasteiger partial charge in [0.2, 0.25) is 0 Å². The normalized spacial score (nSPS) is 26.7. The van der Waals surface area contributed by atoms with Gasteiger partial charge in [-0.25, -0.2) is 0 Å². The molecule has 1 aliphatic carbocycles. The summed E-state index contributed by atoms with van der Waals surface area (Å²) in [4.78, 5) is 0. The van der Waals surface area contributed by atoms with Gasteiger partial charge in [-0.1, -0.05) is 40.0 Å². The first-order valence-corrected chi connectivity index (χ1v) is 10.8. The van der Waals surface area contributed by atoms with Crippen LogP contribution in [0.1, 0.15) is 96.6 Å². The van der Waals surface area contributed by atoms with Crippen LogP contribution in [0, 0.1) is 5.92 Å². The summed E-state index contributed by atoms with van der Waals surface area (Å²) in [5, 5.41) is 10.3. The highest BCUT2D eigenvalue weighted by Crippen LogP contribution is 2.55. The molecular formula is C24H38O3. The number of methoxy groups -OCH3 is 1. The molecule has 0 spiro atoms.